The third-order valence-electron chi connectivity index (χ3n) is 4.31. The molecule has 9 heteroatoms. The van der Waals surface area contributed by atoms with Gasteiger partial charge in [-0.25, -0.2) is 9.50 Å². The summed E-state index contributed by atoms with van der Waals surface area (Å²) in [7, 11) is 0. The number of nitrogens with zero attached hydrogens (tertiary/aromatic N) is 4. The summed E-state index contributed by atoms with van der Waals surface area (Å²) >= 11 is 0. The van der Waals surface area contributed by atoms with Crippen LogP contribution in [0, 0.1) is 19.3 Å². The highest BCUT2D eigenvalue weighted by atomic mass is 35.5. The molecule has 2 aromatic heterocycles. The Bertz CT molecular complexity index is 711. The quantitative estimate of drug-likeness (QED) is 0.853. The molecule has 24 heavy (non-hydrogen) atoms. The minimum atomic E-state index is -0.234. The second-order valence-corrected chi connectivity index (χ2v) is 6.43. The zero-order valence-electron chi connectivity index (χ0n) is 14.1. The number of amides is 1. The van der Waals surface area contributed by atoms with E-state index in [1.165, 1.54) is 0 Å². The van der Waals surface area contributed by atoms with Crippen LogP contribution >= 0.6 is 24.8 Å². The summed E-state index contributed by atoms with van der Waals surface area (Å²) in [5.41, 5.74) is 1.93. The van der Waals surface area contributed by atoms with Crippen LogP contribution in [0.2, 0.25) is 0 Å². The molecule has 1 aliphatic heterocycles. The van der Waals surface area contributed by atoms with Gasteiger partial charge in [0, 0.05) is 17.9 Å². The summed E-state index contributed by atoms with van der Waals surface area (Å²) < 4.78 is 1.61. The lowest BCUT2D eigenvalue weighted by atomic mass is 9.81. The van der Waals surface area contributed by atoms with Gasteiger partial charge in [-0.2, -0.15) is 4.98 Å². The molecule has 0 bridgehead atoms. The molecular formula is C15H24Cl2N6O. The number of nitrogens with one attached hydrogen (secondary N) is 2. The second kappa shape index (κ2) is 8.09. The van der Waals surface area contributed by atoms with E-state index in [2.05, 4.69) is 32.6 Å². The molecule has 7 nitrogen and oxygen atoms in total. The van der Waals surface area contributed by atoms with Gasteiger partial charge in [0.2, 0.25) is 5.82 Å². The van der Waals surface area contributed by atoms with Crippen LogP contribution in [0.1, 0.15) is 41.8 Å². The van der Waals surface area contributed by atoms with Gasteiger partial charge in [-0.05, 0) is 51.3 Å². The molecule has 0 spiro atoms. The van der Waals surface area contributed by atoms with Gasteiger partial charge in [0.15, 0.2) is 0 Å². The maximum absolute atomic E-state index is 12.3. The lowest BCUT2D eigenvalue weighted by molar-refractivity contribution is 0.0912. The number of aryl methyl sites for hydroxylation is 2. The smallest absolute Gasteiger partial charge is 0.291 e. The molecule has 2 N–H and O–H groups in total. The van der Waals surface area contributed by atoms with Crippen LogP contribution in [0.4, 0.5) is 0 Å². The van der Waals surface area contributed by atoms with Gasteiger partial charge in [0.1, 0.15) is 0 Å². The minimum absolute atomic E-state index is 0. The second-order valence-electron chi connectivity index (χ2n) is 6.43. The molecule has 1 saturated heterocycles. The van der Waals surface area contributed by atoms with Crippen LogP contribution < -0.4 is 10.6 Å². The molecule has 2 aromatic rings. The van der Waals surface area contributed by atoms with Crippen molar-refractivity contribution >= 4 is 36.5 Å². The van der Waals surface area contributed by atoms with Gasteiger partial charge >= 0.3 is 0 Å². The third kappa shape index (κ3) is 4.34. The summed E-state index contributed by atoms with van der Waals surface area (Å²) in [5.74, 6) is 0.414. The summed E-state index contributed by atoms with van der Waals surface area (Å²) in [5, 5.41) is 10.6. The van der Waals surface area contributed by atoms with Gasteiger partial charge in [-0.15, -0.1) is 29.9 Å². The molecular weight excluding hydrogens is 351 g/mol. The zero-order valence-corrected chi connectivity index (χ0v) is 15.8. The first-order chi connectivity index (χ1) is 10.5. The predicted octanol–water partition coefficient (Wildman–Crippen LogP) is 1.70. The maximum atomic E-state index is 12.3. The SMILES string of the molecule is Cc1cc(C)n2nc(C(=O)NCC3(C)CCNCC3)nc2n1.Cl.Cl. The van der Waals surface area contributed by atoms with E-state index in [4.69, 9.17) is 0 Å². The Labute approximate surface area is 153 Å². The van der Waals surface area contributed by atoms with E-state index >= 15 is 0 Å². The molecule has 0 unspecified atom stereocenters. The Morgan fingerprint density at radius 2 is 1.96 bits per heavy atom. The molecule has 0 atom stereocenters. The molecule has 0 aromatic carbocycles. The van der Waals surface area contributed by atoms with Gasteiger partial charge < -0.3 is 10.6 Å². The lowest BCUT2D eigenvalue weighted by Gasteiger charge is -2.33. The van der Waals surface area contributed by atoms with E-state index in [1.54, 1.807) is 4.52 Å². The van der Waals surface area contributed by atoms with Crippen LogP contribution in [-0.2, 0) is 0 Å². The average molecular weight is 375 g/mol. The lowest BCUT2D eigenvalue weighted by Crippen LogP contribution is -2.43. The summed E-state index contributed by atoms with van der Waals surface area (Å²) in [6.07, 6.45) is 2.12. The number of fused-ring (bicyclic) bond motifs is 1. The van der Waals surface area contributed by atoms with E-state index in [0.29, 0.717) is 12.3 Å². The molecule has 3 rings (SSSR count). The Balaban J connectivity index is 0.00000144. The Kier molecular flexibility index (Phi) is 6.95. The highest BCUT2D eigenvalue weighted by Gasteiger charge is 2.27. The van der Waals surface area contributed by atoms with Gasteiger partial charge in [-0.3, -0.25) is 4.79 Å². The number of rotatable bonds is 3. The molecule has 134 valence electrons. The fraction of sp³-hybridized carbons (Fsp3) is 0.600. The minimum Gasteiger partial charge on any atom is -0.349 e. The average Bonchev–Trinajstić information content (AvgIpc) is 2.90. The molecule has 0 saturated carbocycles. The highest BCUT2D eigenvalue weighted by Crippen LogP contribution is 2.26. The standard InChI is InChI=1S/C15H22N6O.2ClH/c1-10-8-11(2)21-14(18-10)19-12(20-21)13(22)17-9-15(3)4-6-16-7-5-15;;/h8,16H,4-7,9H2,1-3H3,(H,17,22);2*1H. The van der Waals surface area contributed by atoms with E-state index in [-0.39, 0.29) is 42.0 Å². The first kappa shape index (κ1) is 20.6. The summed E-state index contributed by atoms with van der Waals surface area (Å²) in [6.45, 7) is 8.69. The van der Waals surface area contributed by atoms with E-state index in [9.17, 15) is 4.79 Å². The first-order valence-electron chi connectivity index (χ1n) is 7.67. The van der Waals surface area contributed by atoms with Gasteiger partial charge in [-0.1, -0.05) is 6.92 Å². The van der Waals surface area contributed by atoms with Crippen molar-refractivity contribution in [1.29, 1.82) is 0 Å². The molecule has 3 heterocycles. The number of hydrogen-bond acceptors (Lipinski definition) is 5. The highest BCUT2D eigenvalue weighted by molar-refractivity contribution is 5.90. The molecule has 1 fully saturated rings. The monoisotopic (exact) mass is 374 g/mol. The zero-order chi connectivity index (χ0) is 15.7. The van der Waals surface area contributed by atoms with E-state index < -0.39 is 0 Å². The van der Waals surface area contributed by atoms with Crippen molar-refractivity contribution in [2.75, 3.05) is 19.6 Å². The van der Waals surface area contributed by atoms with Crippen LogP contribution in [0.15, 0.2) is 6.07 Å². The Hall–Kier alpha value is -1.44. The first-order valence-corrected chi connectivity index (χ1v) is 7.67. The van der Waals surface area contributed by atoms with Crippen molar-refractivity contribution < 1.29 is 4.79 Å². The molecule has 1 amide bonds. The number of carbonyl (C=O) groups excluding carboxylic acids is 1. The molecule has 0 radical (unpaired) electrons. The van der Waals surface area contributed by atoms with Gasteiger partial charge in [0.05, 0.1) is 0 Å². The third-order valence-corrected chi connectivity index (χ3v) is 4.31. The van der Waals surface area contributed by atoms with Crippen LogP contribution in [0.3, 0.4) is 0 Å². The maximum Gasteiger partial charge on any atom is 0.291 e. The molecule has 1 aliphatic rings. The largest absolute Gasteiger partial charge is 0.349 e. The van der Waals surface area contributed by atoms with Crippen LogP contribution in [0.5, 0.6) is 0 Å². The van der Waals surface area contributed by atoms with Crippen molar-refractivity contribution in [3.8, 4) is 0 Å². The Morgan fingerprint density at radius 1 is 1.29 bits per heavy atom. The number of aromatic nitrogens is 4. The van der Waals surface area contributed by atoms with Crippen molar-refractivity contribution in [2.24, 2.45) is 5.41 Å². The topological polar surface area (TPSA) is 84.2 Å². The van der Waals surface area contributed by atoms with Crippen LogP contribution in [-0.4, -0.2) is 45.1 Å². The van der Waals surface area contributed by atoms with Crippen molar-refractivity contribution in [3.63, 3.8) is 0 Å². The Morgan fingerprint density at radius 3 is 2.62 bits per heavy atom. The number of hydrogen-bond donors (Lipinski definition) is 2. The number of piperidine rings is 1. The fourth-order valence-corrected chi connectivity index (χ4v) is 2.84. The van der Waals surface area contributed by atoms with Crippen molar-refractivity contribution in [3.05, 3.63) is 23.3 Å². The number of halogens is 2. The van der Waals surface area contributed by atoms with Crippen molar-refractivity contribution in [1.82, 2.24) is 30.2 Å². The fourth-order valence-electron chi connectivity index (χ4n) is 2.84. The van der Waals surface area contributed by atoms with Crippen LogP contribution in [0.25, 0.3) is 5.78 Å². The normalized spacial score (nSPS) is 16.1. The van der Waals surface area contributed by atoms with Gasteiger partial charge in [0.25, 0.3) is 11.7 Å². The predicted molar refractivity (Wildman–Crippen MR) is 97.3 cm³/mol. The van der Waals surface area contributed by atoms with E-state index in [1.807, 2.05) is 19.9 Å². The summed E-state index contributed by atoms with van der Waals surface area (Å²) in [6, 6.07) is 1.92. The van der Waals surface area contributed by atoms with Crippen molar-refractivity contribution in [2.45, 2.75) is 33.6 Å². The van der Waals surface area contributed by atoms with E-state index in [0.717, 1.165) is 37.3 Å². The number of carbonyl (C=O) groups is 1. The molecule has 0 aliphatic carbocycles. The summed E-state index contributed by atoms with van der Waals surface area (Å²) in [4.78, 5) is 20.8.